The lowest BCUT2D eigenvalue weighted by Gasteiger charge is -2.09. The van der Waals surface area contributed by atoms with Gasteiger partial charge in [-0.05, 0) is 25.8 Å². The maximum absolute atomic E-state index is 11.3. The van der Waals surface area contributed by atoms with Gasteiger partial charge in [-0.2, -0.15) is 0 Å². The molecule has 0 heterocycles. The second-order valence-corrected chi connectivity index (χ2v) is 3.33. The minimum absolute atomic E-state index is 0.313. The molecule has 0 amide bonds. The third-order valence-electron chi connectivity index (χ3n) is 2.06. The van der Waals surface area contributed by atoms with Gasteiger partial charge in [0.1, 0.15) is 0 Å². The van der Waals surface area contributed by atoms with Crippen LogP contribution in [-0.2, 0) is 14.3 Å². The summed E-state index contributed by atoms with van der Waals surface area (Å²) in [5, 5.41) is 0. The maximum atomic E-state index is 11.3. The molecule has 0 aromatic carbocycles. The molecule has 0 aromatic rings. The summed E-state index contributed by atoms with van der Waals surface area (Å²) >= 11 is 0. The zero-order chi connectivity index (χ0) is 11.5. The summed E-state index contributed by atoms with van der Waals surface area (Å²) in [5.74, 6) is -0.313. The van der Waals surface area contributed by atoms with Crippen LogP contribution in [0.25, 0.3) is 0 Å². The van der Waals surface area contributed by atoms with E-state index in [9.17, 15) is 4.79 Å². The first-order chi connectivity index (χ1) is 7.26. The Labute approximate surface area is 92.5 Å². The standard InChI is InChI=1S/C12H22O3/c1-4-6-7-8-9-10-11(14-3)12(13)15-5-2/h9-11H,4-8H2,1-3H3/b10-9+. The predicted molar refractivity (Wildman–Crippen MR) is 60.7 cm³/mol. The van der Waals surface area contributed by atoms with Crippen LogP contribution >= 0.6 is 0 Å². The lowest BCUT2D eigenvalue weighted by atomic mass is 10.2. The number of rotatable bonds is 8. The Balaban J connectivity index is 3.81. The molecule has 1 unspecified atom stereocenters. The first-order valence-corrected chi connectivity index (χ1v) is 5.62. The van der Waals surface area contributed by atoms with Crippen LogP contribution in [-0.4, -0.2) is 25.8 Å². The van der Waals surface area contributed by atoms with Crippen molar-refractivity contribution in [3.63, 3.8) is 0 Å². The number of hydrogen-bond donors (Lipinski definition) is 0. The van der Waals surface area contributed by atoms with Gasteiger partial charge < -0.3 is 9.47 Å². The van der Waals surface area contributed by atoms with E-state index in [2.05, 4.69) is 6.92 Å². The van der Waals surface area contributed by atoms with Crippen molar-refractivity contribution in [1.82, 2.24) is 0 Å². The first kappa shape index (κ1) is 14.2. The van der Waals surface area contributed by atoms with Gasteiger partial charge in [-0.15, -0.1) is 0 Å². The molecule has 3 heteroatoms. The Kier molecular flexibility index (Phi) is 9.18. The summed E-state index contributed by atoms with van der Waals surface area (Å²) in [5.41, 5.74) is 0. The summed E-state index contributed by atoms with van der Waals surface area (Å²) in [7, 11) is 1.51. The highest BCUT2D eigenvalue weighted by Crippen LogP contribution is 2.02. The Morgan fingerprint density at radius 1 is 1.33 bits per heavy atom. The van der Waals surface area contributed by atoms with Gasteiger partial charge >= 0.3 is 5.97 Å². The van der Waals surface area contributed by atoms with Crippen molar-refractivity contribution in [2.45, 2.75) is 45.6 Å². The molecule has 0 saturated heterocycles. The molecule has 0 aliphatic rings. The highest BCUT2D eigenvalue weighted by atomic mass is 16.6. The molecule has 1 atom stereocenters. The summed E-state index contributed by atoms with van der Waals surface area (Å²) in [6.45, 7) is 4.35. The number of carbonyl (C=O) groups excluding carboxylic acids is 1. The van der Waals surface area contributed by atoms with Crippen molar-refractivity contribution < 1.29 is 14.3 Å². The minimum Gasteiger partial charge on any atom is -0.464 e. The molecule has 0 N–H and O–H groups in total. The molecule has 0 fully saturated rings. The fourth-order valence-electron chi connectivity index (χ4n) is 1.21. The summed E-state index contributed by atoms with van der Waals surface area (Å²) in [6, 6.07) is 0. The van der Waals surface area contributed by atoms with Crippen molar-refractivity contribution in [2.24, 2.45) is 0 Å². The summed E-state index contributed by atoms with van der Waals surface area (Å²) in [6.07, 6.45) is 7.79. The van der Waals surface area contributed by atoms with Crippen molar-refractivity contribution >= 4 is 5.97 Å². The van der Waals surface area contributed by atoms with Crippen molar-refractivity contribution in [2.75, 3.05) is 13.7 Å². The lowest BCUT2D eigenvalue weighted by molar-refractivity contribution is -0.151. The van der Waals surface area contributed by atoms with E-state index in [4.69, 9.17) is 9.47 Å². The SMILES string of the molecule is CCCCC/C=C/C(OC)C(=O)OCC. The highest BCUT2D eigenvalue weighted by molar-refractivity contribution is 5.76. The van der Waals surface area contributed by atoms with E-state index in [-0.39, 0.29) is 5.97 Å². The van der Waals surface area contributed by atoms with Gasteiger partial charge in [0.05, 0.1) is 6.61 Å². The van der Waals surface area contributed by atoms with Crippen LogP contribution in [0, 0.1) is 0 Å². The molecule has 3 nitrogen and oxygen atoms in total. The number of methoxy groups -OCH3 is 1. The number of hydrogen-bond acceptors (Lipinski definition) is 3. The average Bonchev–Trinajstić information content (AvgIpc) is 2.23. The molecule has 88 valence electrons. The Morgan fingerprint density at radius 3 is 2.60 bits per heavy atom. The van der Waals surface area contributed by atoms with Crippen LogP contribution in [0.15, 0.2) is 12.2 Å². The van der Waals surface area contributed by atoms with E-state index < -0.39 is 6.10 Å². The van der Waals surface area contributed by atoms with Crippen LogP contribution in [0.4, 0.5) is 0 Å². The van der Waals surface area contributed by atoms with Crippen molar-refractivity contribution in [3.05, 3.63) is 12.2 Å². The predicted octanol–water partition coefficient (Wildman–Crippen LogP) is 2.70. The van der Waals surface area contributed by atoms with Gasteiger partial charge in [0, 0.05) is 7.11 Å². The Morgan fingerprint density at radius 2 is 2.07 bits per heavy atom. The largest absolute Gasteiger partial charge is 0.464 e. The molecular weight excluding hydrogens is 192 g/mol. The molecule has 15 heavy (non-hydrogen) atoms. The van der Waals surface area contributed by atoms with Crippen LogP contribution < -0.4 is 0 Å². The Hall–Kier alpha value is -0.830. The van der Waals surface area contributed by atoms with Crippen LogP contribution in [0.3, 0.4) is 0 Å². The Bertz CT molecular complexity index is 187. The zero-order valence-corrected chi connectivity index (χ0v) is 9.99. The zero-order valence-electron chi connectivity index (χ0n) is 9.99. The van der Waals surface area contributed by atoms with Crippen LogP contribution in [0.5, 0.6) is 0 Å². The lowest BCUT2D eigenvalue weighted by Crippen LogP contribution is -2.23. The second kappa shape index (κ2) is 9.71. The minimum atomic E-state index is -0.549. The average molecular weight is 214 g/mol. The van der Waals surface area contributed by atoms with E-state index in [1.807, 2.05) is 6.08 Å². The quantitative estimate of drug-likeness (QED) is 0.354. The summed E-state index contributed by atoms with van der Waals surface area (Å²) in [4.78, 5) is 11.3. The van der Waals surface area contributed by atoms with Crippen LogP contribution in [0.1, 0.15) is 39.5 Å². The topological polar surface area (TPSA) is 35.5 Å². The fourth-order valence-corrected chi connectivity index (χ4v) is 1.21. The van der Waals surface area contributed by atoms with E-state index in [0.29, 0.717) is 6.61 Å². The fraction of sp³-hybridized carbons (Fsp3) is 0.750. The third-order valence-corrected chi connectivity index (χ3v) is 2.06. The second-order valence-electron chi connectivity index (χ2n) is 3.33. The van der Waals surface area contributed by atoms with E-state index in [1.165, 1.54) is 20.0 Å². The van der Waals surface area contributed by atoms with Gasteiger partial charge in [0.2, 0.25) is 0 Å². The van der Waals surface area contributed by atoms with Crippen LogP contribution in [0.2, 0.25) is 0 Å². The van der Waals surface area contributed by atoms with Crippen molar-refractivity contribution in [1.29, 1.82) is 0 Å². The highest BCUT2D eigenvalue weighted by Gasteiger charge is 2.14. The van der Waals surface area contributed by atoms with E-state index >= 15 is 0 Å². The third kappa shape index (κ3) is 7.14. The van der Waals surface area contributed by atoms with Gasteiger partial charge in [-0.3, -0.25) is 0 Å². The first-order valence-electron chi connectivity index (χ1n) is 5.62. The summed E-state index contributed by atoms with van der Waals surface area (Å²) < 4.78 is 9.87. The molecule has 0 rings (SSSR count). The monoisotopic (exact) mass is 214 g/mol. The number of carbonyl (C=O) groups is 1. The van der Waals surface area contributed by atoms with E-state index in [1.54, 1.807) is 13.0 Å². The number of ether oxygens (including phenoxy) is 2. The number of unbranched alkanes of at least 4 members (excludes halogenated alkanes) is 3. The van der Waals surface area contributed by atoms with Gasteiger partial charge in [-0.1, -0.05) is 25.8 Å². The number of esters is 1. The van der Waals surface area contributed by atoms with Gasteiger partial charge in [0.25, 0.3) is 0 Å². The smallest absolute Gasteiger partial charge is 0.339 e. The molecule has 0 aliphatic carbocycles. The van der Waals surface area contributed by atoms with Gasteiger partial charge in [0.15, 0.2) is 6.10 Å². The molecule has 0 bridgehead atoms. The van der Waals surface area contributed by atoms with Crippen molar-refractivity contribution in [3.8, 4) is 0 Å². The van der Waals surface area contributed by atoms with Gasteiger partial charge in [-0.25, -0.2) is 4.79 Å². The van der Waals surface area contributed by atoms with E-state index in [0.717, 1.165) is 12.8 Å². The molecule has 0 spiro atoms. The molecule has 0 aliphatic heterocycles. The molecule has 0 saturated carbocycles. The molecule has 0 aromatic heterocycles. The maximum Gasteiger partial charge on any atom is 0.339 e. The number of allylic oxidation sites excluding steroid dienone is 1. The molecular formula is C12H22O3. The molecule has 0 radical (unpaired) electrons. The normalized spacial score (nSPS) is 13.0.